The van der Waals surface area contributed by atoms with Gasteiger partial charge in [0, 0.05) is 18.7 Å². The lowest BCUT2D eigenvalue weighted by Gasteiger charge is -2.34. The number of aromatic nitrogens is 2. The summed E-state index contributed by atoms with van der Waals surface area (Å²) in [6.07, 6.45) is 1.35. The molecule has 8 nitrogen and oxygen atoms in total. The normalized spacial score (nSPS) is 16.6. The van der Waals surface area contributed by atoms with Crippen molar-refractivity contribution >= 4 is 38.9 Å². The minimum absolute atomic E-state index is 0.0204. The van der Waals surface area contributed by atoms with Gasteiger partial charge in [0.15, 0.2) is 11.1 Å². The van der Waals surface area contributed by atoms with Crippen molar-refractivity contribution in [1.82, 2.24) is 14.9 Å². The maximum Gasteiger partial charge on any atom is 0.410 e. The van der Waals surface area contributed by atoms with Crippen molar-refractivity contribution in [2.24, 2.45) is 5.92 Å². The third kappa shape index (κ3) is 6.11. The SMILES string of the molecule is CC(C)OC(=O)N1CCC(C(C)Oc2nc3ccc(-c4ccc(CS(=O)O)cc4)nc3s2)CC1. The molecule has 10 heteroatoms. The molecule has 0 bridgehead atoms. The first kappa shape index (κ1) is 24.6. The Bertz CT molecular complexity index is 1160. The molecule has 0 saturated carbocycles. The maximum atomic E-state index is 12.1. The molecule has 1 saturated heterocycles. The van der Waals surface area contributed by atoms with Gasteiger partial charge in [-0.3, -0.25) is 0 Å². The highest BCUT2D eigenvalue weighted by Crippen LogP contribution is 2.32. The molecular weight excluding hydrogens is 474 g/mol. The van der Waals surface area contributed by atoms with Crippen molar-refractivity contribution < 1.29 is 23.0 Å². The van der Waals surface area contributed by atoms with E-state index >= 15 is 0 Å². The second-order valence-corrected chi connectivity index (χ2v) is 10.6. The van der Waals surface area contributed by atoms with Gasteiger partial charge in [-0.15, -0.1) is 0 Å². The summed E-state index contributed by atoms with van der Waals surface area (Å²) >= 11 is -0.436. The lowest BCUT2D eigenvalue weighted by molar-refractivity contribution is 0.0495. The van der Waals surface area contributed by atoms with E-state index in [1.54, 1.807) is 4.90 Å². The molecular formula is C24H29N3O5S2. The Morgan fingerprint density at radius 3 is 2.50 bits per heavy atom. The largest absolute Gasteiger partial charge is 0.467 e. The molecule has 2 unspecified atom stereocenters. The van der Waals surface area contributed by atoms with Gasteiger partial charge in [-0.25, -0.2) is 19.0 Å². The van der Waals surface area contributed by atoms with Crippen LogP contribution in [-0.2, 0) is 21.6 Å². The molecule has 34 heavy (non-hydrogen) atoms. The molecule has 1 amide bonds. The van der Waals surface area contributed by atoms with Crippen LogP contribution in [0.3, 0.4) is 0 Å². The molecule has 0 aliphatic carbocycles. The number of piperidine rings is 1. The zero-order valence-electron chi connectivity index (χ0n) is 19.5. The molecule has 3 heterocycles. The fourth-order valence-electron chi connectivity index (χ4n) is 4.01. The third-order valence-corrected chi connectivity index (χ3v) is 7.30. The van der Waals surface area contributed by atoms with E-state index in [0.29, 0.717) is 24.2 Å². The van der Waals surface area contributed by atoms with Crippen LogP contribution in [-0.4, -0.2) is 55.0 Å². The molecule has 0 radical (unpaired) electrons. The van der Waals surface area contributed by atoms with E-state index in [9.17, 15) is 9.00 Å². The Balaban J connectivity index is 1.38. The molecule has 182 valence electrons. The number of amides is 1. The van der Waals surface area contributed by atoms with Gasteiger partial charge < -0.3 is 18.9 Å². The van der Waals surface area contributed by atoms with Crippen molar-refractivity contribution in [2.45, 2.75) is 51.6 Å². The van der Waals surface area contributed by atoms with E-state index in [0.717, 1.165) is 40.0 Å². The second kappa shape index (κ2) is 10.8. The average molecular weight is 504 g/mol. The Hall–Kier alpha value is -2.56. The fourth-order valence-corrected chi connectivity index (χ4v) is 5.35. The summed E-state index contributed by atoms with van der Waals surface area (Å²) < 4.78 is 31.5. The van der Waals surface area contributed by atoms with Crippen molar-refractivity contribution in [3.8, 4) is 16.5 Å². The number of rotatable bonds is 7. The molecule has 1 aliphatic rings. The van der Waals surface area contributed by atoms with Crippen LogP contribution in [0.25, 0.3) is 21.6 Å². The molecule has 1 aliphatic heterocycles. The van der Waals surface area contributed by atoms with Crippen molar-refractivity contribution in [1.29, 1.82) is 0 Å². The first-order valence-electron chi connectivity index (χ1n) is 11.3. The van der Waals surface area contributed by atoms with E-state index in [-0.39, 0.29) is 24.1 Å². The molecule has 2 atom stereocenters. The van der Waals surface area contributed by atoms with Crippen LogP contribution >= 0.6 is 11.3 Å². The molecule has 1 N–H and O–H groups in total. The predicted octanol–water partition coefficient (Wildman–Crippen LogP) is 5.10. The van der Waals surface area contributed by atoms with E-state index < -0.39 is 11.1 Å². The number of carbonyl (C=O) groups excluding carboxylic acids is 1. The first-order chi connectivity index (χ1) is 16.3. The number of likely N-dealkylation sites (tertiary alicyclic amines) is 1. The van der Waals surface area contributed by atoms with Crippen LogP contribution in [0.2, 0.25) is 0 Å². The molecule has 1 aromatic carbocycles. The Labute approximate surface area is 205 Å². The second-order valence-electron chi connectivity index (χ2n) is 8.74. The van der Waals surface area contributed by atoms with Gasteiger partial charge in [-0.2, -0.15) is 0 Å². The highest BCUT2D eigenvalue weighted by Gasteiger charge is 2.29. The summed E-state index contributed by atoms with van der Waals surface area (Å²) in [4.78, 5) is 24.0. The average Bonchev–Trinajstić information content (AvgIpc) is 3.20. The van der Waals surface area contributed by atoms with Crippen molar-refractivity contribution in [2.75, 3.05) is 13.1 Å². The van der Waals surface area contributed by atoms with Gasteiger partial charge in [-0.1, -0.05) is 35.6 Å². The number of hydrogen-bond donors (Lipinski definition) is 1. The number of ether oxygens (including phenoxy) is 2. The third-order valence-electron chi connectivity index (χ3n) is 5.86. The van der Waals surface area contributed by atoms with Crippen LogP contribution in [0.15, 0.2) is 36.4 Å². The molecule has 2 aromatic heterocycles. The fraction of sp³-hybridized carbons (Fsp3) is 0.458. The van der Waals surface area contributed by atoms with Crippen LogP contribution < -0.4 is 4.74 Å². The summed E-state index contributed by atoms with van der Waals surface area (Å²) in [5.74, 6) is 0.451. The first-order valence-corrected chi connectivity index (χ1v) is 13.4. The zero-order chi connectivity index (χ0) is 24.2. The number of thiazole rings is 1. The smallest absolute Gasteiger partial charge is 0.410 e. The van der Waals surface area contributed by atoms with E-state index in [4.69, 9.17) is 19.0 Å². The lowest BCUT2D eigenvalue weighted by Crippen LogP contribution is -2.42. The molecule has 3 aromatic rings. The Kier molecular flexibility index (Phi) is 7.80. The summed E-state index contributed by atoms with van der Waals surface area (Å²) in [6, 6.07) is 11.3. The lowest BCUT2D eigenvalue weighted by atomic mass is 9.92. The highest BCUT2D eigenvalue weighted by atomic mass is 32.2. The summed E-state index contributed by atoms with van der Waals surface area (Å²) in [7, 11) is 0. The number of carbonyl (C=O) groups is 1. The minimum Gasteiger partial charge on any atom is -0.467 e. The van der Waals surface area contributed by atoms with Crippen LogP contribution in [0.5, 0.6) is 5.19 Å². The molecule has 0 spiro atoms. The molecule has 4 rings (SSSR count). The number of hydrogen-bond acceptors (Lipinski definition) is 7. The van der Waals surface area contributed by atoms with Crippen LogP contribution in [0.1, 0.15) is 39.2 Å². The van der Waals surface area contributed by atoms with Gasteiger partial charge in [-0.05, 0) is 57.2 Å². The summed E-state index contributed by atoms with van der Waals surface area (Å²) in [6.45, 7) is 7.10. The predicted molar refractivity (Wildman–Crippen MR) is 133 cm³/mol. The van der Waals surface area contributed by atoms with Crippen molar-refractivity contribution in [3.63, 3.8) is 0 Å². The quantitative estimate of drug-likeness (QED) is 0.447. The Morgan fingerprint density at radius 2 is 1.85 bits per heavy atom. The van der Waals surface area contributed by atoms with E-state index in [2.05, 4.69) is 11.9 Å². The number of nitrogens with zero attached hydrogens (tertiary/aromatic N) is 3. The van der Waals surface area contributed by atoms with Crippen LogP contribution in [0, 0.1) is 5.92 Å². The molecule has 1 fully saturated rings. The number of benzene rings is 1. The highest BCUT2D eigenvalue weighted by molar-refractivity contribution is 7.78. The number of pyridine rings is 1. The standard InChI is InChI=1S/C24H29N3O5S2/c1-15(2)31-24(28)27-12-10-18(11-13-27)16(3)32-23-26-21-9-8-20(25-22(21)33-23)19-6-4-17(5-7-19)14-34(29)30/h4-9,15-16,18H,10-14H2,1-3H3,(H,29,30). The topological polar surface area (TPSA) is 102 Å². The summed E-state index contributed by atoms with van der Waals surface area (Å²) in [5.41, 5.74) is 3.33. The monoisotopic (exact) mass is 503 g/mol. The Morgan fingerprint density at radius 1 is 1.15 bits per heavy atom. The van der Waals surface area contributed by atoms with Gasteiger partial charge in [0.2, 0.25) is 0 Å². The van der Waals surface area contributed by atoms with Crippen molar-refractivity contribution in [3.05, 3.63) is 42.0 Å². The van der Waals surface area contributed by atoms with E-state index in [1.807, 2.05) is 50.2 Å². The van der Waals surface area contributed by atoms with Gasteiger partial charge in [0.1, 0.15) is 16.5 Å². The zero-order valence-corrected chi connectivity index (χ0v) is 21.1. The van der Waals surface area contributed by atoms with E-state index in [1.165, 1.54) is 11.3 Å². The van der Waals surface area contributed by atoms with Gasteiger partial charge >= 0.3 is 6.09 Å². The number of fused-ring (bicyclic) bond motifs is 1. The van der Waals surface area contributed by atoms with Crippen LogP contribution in [0.4, 0.5) is 4.79 Å². The maximum absolute atomic E-state index is 12.1. The van der Waals surface area contributed by atoms with Gasteiger partial charge in [0.25, 0.3) is 5.19 Å². The minimum atomic E-state index is -1.86. The van der Waals surface area contributed by atoms with Gasteiger partial charge in [0.05, 0.1) is 17.6 Å². The summed E-state index contributed by atoms with van der Waals surface area (Å²) in [5, 5.41) is 0.592.